The van der Waals surface area contributed by atoms with Crippen LogP contribution in [0.4, 0.5) is 5.69 Å². The van der Waals surface area contributed by atoms with Gasteiger partial charge in [-0.2, -0.15) is 0 Å². The fourth-order valence-corrected chi connectivity index (χ4v) is 3.02. The summed E-state index contributed by atoms with van der Waals surface area (Å²) in [4.78, 5) is 16.8. The highest BCUT2D eigenvalue weighted by molar-refractivity contribution is 5.92. The van der Waals surface area contributed by atoms with Gasteiger partial charge in [0, 0.05) is 17.8 Å². The van der Waals surface area contributed by atoms with Crippen LogP contribution in [0.3, 0.4) is 0 Å². The zero-order valence-corrected chi connectivity index (χ0v) is 14.0. The minimum absolute atomic E-state index is 0.0879. The standard InChI is InChI=1S/C19H19N3O3/c1-2-13-5-3-4-6-14(13)21-19(23)11-22-12-20-15-9-17-18(10-16(15)22)25-8-7-24-17/h3-6,9-10,12H,2,7-8,11H2,1H3,(H,21,23). The van der Waals surface area contributed by atoms with Crippen LogP contribution in [0, 0.1) is 0 Å². The highest BCUT2D eigenvalue weighted by Gasteiger charge is 2.16. The highest BCUT2D eigenvalue weighted by atomic mass is 16.6. The van der Waals surface area contributed by atoms with Crippen molar-refractivity contribution < 1.29 is 14.3 Å². The van der Waals surface area contributed by atoms with Crippen LogP contribution >= 0.6 is 0 Å². The minimum Gasteiger partial charge on any atom is -0.486 e. The Kier molecular flexibility index (Phi) is 4.01. The molecule has 0 unspecified atom stereocenters. The molecule has 1 amide bonds. The molecule has 6 nitrogen and oxygen atoms in total. The van der Waals surface area contributed by atoms with Gasteiger partial charge >= 0.3 is 0 Å². The monoisotopic (exact) mass is 337 g/mol. The van der Waals surface area contributed by atoms with Crippen molar-refractivity contribution in [1.82, 2.24) is 9.55 Å². The summed E-state index contributed by atoms with van der Waals surface area (Å²) in [5.41, 5.74) is 3.61. The lowest BCUT2D eigenvalue weighted by molar-refractivity contribution is -0.116. The summed E-state index contributed by atoms with van der Waals surface area (Å²) in [6.07, 6.45) is 2.54. The Morgan fingerprint density at radius 1 is 1.20 bits per heavy atom. The van der Waals surface area contributed by atoms with Crippen LogP contribution in [0.5, 0.6) is 11.5 Å². The molecule has 1 aliphatic heterocycles. The Morgan fingerprint density at radius 3 is 2.76 bits per heavy atom. The summed E-state index contributed by atoms with van der Waals surface area (Å²) in [5.74, 6) is 1.30. The van der Waals surface area contributed by atoms with Crippen molar-refractivity contribution in [3.8, 4) is 11.5 Å². The van der Waals surface area contributed by atoms with Crippen LogP contribution in [-0.2, 0) is 17.8 Å². The lowest BCUT2D eigenvalue weighted by Gasteiger charge is -2.18. The van der Waals surface area contributed by atoms with E-state index >= 15 is 0 Å². The van der Waals surface area contributed by atoms with Gasteiger partial charge in [-0.15, -0.1) is 0 Å². The molecular weight excluding hydrogens is 318 g/mol. The number of nitrogens with one attached hydrogen (secondary N) is 1. The minimum atomic E-state index is -0.0879. The van der Waals surface area contributed by atoms with E-state index in [9.17, 15) is 4.79 Å². The van der Waals surface area contributed by atoms with Crippen molar-refractivity contribution in [2.45, 2.75) is 19.9 Å². The maximum Gasteiger partial charge on any atom is 0.244 e. The first-order valence-electron chi connectivity index (χ1n) is 8.37. The molecule has 25 heavy (non-hydrogen) atoms. The number of carbonyl (C=O) groups is 1. The predicted molar refractivity (Wildman–Crippen MR) is 95.2 cm³/mol. The van der Waals surface area contributed by atoms with E-state index < -0.39 is 0 Å². The number of amides is 1. The third-order valence-electron chi connectivity index (χ3n) is 4.27. The molecule has 1 aromatic heterocycles. The van der Waals surface area contributed by atoms with Crippen LogP contribution < -0.4 is 14.8 Å². The second-order valence-corrected chi connectivity index (χ2v) is 5.92. The molecule has 0 saturated heterocycles. The maximum absolute atomic E-state index is 12.5. The maximum atomic E-state index is 12.5. The summed E-state index contributed by atoms with van der Waals surface area (Å²) in [6, 6.07) is 11.6. The van der Waals surface area contributed by atoms with Gasteiger partial charge in [-0.3, -0.25) is 4.79 Å². The molecule has 2 heterocycles. The fourth-order valence-electron chi connectivity index (χ4n) is 3.02. The molecule has 1 aliphatic rings. The largest absolute Gasteiger partial charge is 0.486 e. The molecule has 0 radical (unpaired) electrons. The Hall–Kier alpha value is -3.02. The van der Waals surface area contributed by atoms with Crippen molar-refractivity contribution >= 4 is 22.6 Å². The van der Waals surface area contributed by atoms with Crippen molar-refractivity contribution in [2.75, 3.05) is 18.5 Å². The lowest BCUT2D eigenvalue weighted by atomic mass is 10.1. The van der Waals surface area contributed by atoms with Crippen molar-refractivity contribution in [1.29, 1.82) is 0 Å². The summed E-state index contributed by atoms with van der Waals surface area (Å²) in [5, 5.41) is 2.98. The smallest absolute Gasteiger partial charge is 0.244 e. The Bertz CT molecular complexity index is 933. The Labute approximate surface area is 145 Å². The number of carbonyl (C=O) groups excluding carboxylic acids is 1. The molecule has 0 fully saturated rings. The zero-order valence-electron chi connectivity index (χ0n) is 14.0. The molecule has 0 spiro atoms. The van der Waals surface area contributed by atoms with Gasteiger partial charge in [-0.05, 0) is 18.1 Å². The average molecular weight is 337 g/mol. The summed E-state index contributed by atoms with van der Waals surface area (Å²) in [6.45, 7) is 3.33. The molecule has 1 N–H and O–H groups in total. The van der Waals surface area contributed by atoms with Gasteiger partial charge < -0.3 is 19.4 Å². The van der Waals surface area contributed by atoms with E-state index in [1.54, 1.807) is 6.33 Å². The molecule has 6 heteroatoms. The van der Waals surface area contributed by atoms with Gasteiger partial charge in [-0.25, -0.2) is 4.98 Å². The number of anilines is 1. The van der Waals surface area contributed by atoms with Crippen LogP contribution in [0.25, 0.3) is 11.0 Å². The second-order valence-electron chi connectivity index (χ2n) is 5.92. The third kappa shape index (κ3) is 3.03. The van der Waals surface area contributed by atoms with Crippen LogP contribution in [0.2, 0.25) is 0 Å². The lowest BCUT2D eigenvalue weighted by Crippen LogP contribution is -2.19. The number of aryl methyl sites for hydroxylation is 1. The first-order chi connectivity index (χ1) is 12.2. The Balaban J connectivity index is 1.57. The van der Waals surface area contributed by atoms with E-state index in [1.165, 1.54) is 0 Å². The van der Waals surface area contributed by atoms with Gasteiger partial charge in [0.05, 0.1) is 17.4 Å². The van der Waals surface area contributed by atoms with Crippen molar-refractivity contribution in [2.24, 2.45) is 0 Å². The SMILES string of the molecule is CCc1ccccc1NC(=O)Cn1cnc2cc3c(cc21)OCCO3. The molecule has 3 aromatic rings. The third-order valence-corrected chi connectivity index (χ3v) is 4.27. The van der Waals surface area contributed by atoms with Crippen molar-refractivity contribution in [3.05, 3.63) is 48.3 Å². The number of hydrogen-bond donors (Lipinski definition) is 1. The van der Waals surface area contributed by atoms with Crippen LogP contribution in [0.1, 0.15) is 12.5 Å². The quantitative estimate of drug-likeness (QED) is 0.795. The van der Waals surface area contributed by atoms with Gasteiger partial charge in [0.25, 0.3) is 0 Å². The van der Waals surface area contributed by atoms with Crippen molar-refractivity contribution in [3.63, 3.8) is 0 Å². The number of benzene rings is 2. The normalized spacial score (nSPS) is 13.0. The zero-order chi connectivity index (χ0) is 17.2. The highest BCUT2D eigenvalue weighted by Crippen LogP contribution is 2.34. The number of ether oxygens (including phenoxy) is 2. The topological polar surface area (TPSA) is 65.4 Å². The van der Waals surface area contributed by atoms with Gasteiger partial charge in [-0.1, -0.05) is 25.1 Å². The van der Waals surface area contributed by atoms with Crippen LogP contribution in [0.15, 0.2) is 42.7 Å². The summed E-state index contributed by atoms with van der Waals surface area (Å²) < 4.78 is 13.0. The van der Waals surface area contributed by atoms with E-state index in [1.807, 2.05) is 41.0 Å². The molecule has 2 aromatic carbocycles. The number of imidazole rings is 1. The first kappa shape index (κ1) is 15.5. The fraction of sp³-hybridized carbons (Fsp3) is 0.263. The Morgan fingerprint density at radius 2 is 1.96 bits per heavy atom. The predicted octanol–water partition coefficient (Wildman–Crippen LogP) is 3.01. The summed E-state index contributed by atoms with van der Waals surface area (Å²) in [7, 11) is 0. The van der Waals surface area contributed by atoms with E-state index in [-0.39, 0.29) is 12.5 Å². The second kappa shape index (κ2) is 6.47. The number of rotatable bonds is 4. The first-order valence-corrected chi connectivity index (χ1v) is 8.37. The number of aromatic nitrogens is 2. The average Bonchev–Trinajstić information content (AvgIpc) is 3.02. The van der Waals surface area contributed by atoms with Crippen LogP contribution in [-0.4, -0.2) is 28.7 Å². The van der Waals surface area contributed by atoms with Gasteiger partial charge in [0.1, 0.15) is 19.8 Å². The molecule has 0 saturated carbocycles. The number of para-hydroxylation sites is 1. The van der Waals surface area contributed by atoms with Gasteiger partial charge in [0.15, 0.2) is 11.5 Å². The number of hydrogen-bond acceptors (Lipinski definition) is 4. The van der Waals surface area contributed by atoms with E-state index in [4.69, 9.17) is 9.47 Å². The van der Waals surface area contributed by atoms with E-state index in [0.717, 1.165) is 28.7 Å². The summed E-state index contributed by atoms with van der Waals surface area (Å²) >= 11 is 0. The number of fused-ring (bicyclic) bond motifs is 2. The molecule has 0 aliphatic carbocycles. The molecular formula is C19H19N3O3. The van der Waals surface area contributed by atoms with Gasteiger partial charge in [0.2, 0.25) is 5.91 Å². The molecule has 128 valence electrons. The molecule has 4 rings (SSSR count). The number of nitrogens with zero attached hydrogens (tertiary/aromatic N) is 2. The molecule has 0 atom stereocenters. The van der Waals surface area contributed by atoms with E-state index in [0.29, 0.717) is 24.7 Å². The van der Waals surface area contributed by atoms with E-state index in [2.05, 4.69) is 17.2 Å². The molecule has 0 bridgehead atoms.